The molecule has 0 saturated heterocycles. The second kappa shape index (κ2) is 6.75. The van der Waals surface area contributed by atoms with Crippen LogP contribution in [-0.2, 0) is 0 Å². The molecule has 3 rings (SSSR count). The van der Waals surface area contributed by atoms with Gasteiger partial charge in [0.15, 0.2) is 5.96 Å². The van der Waals surface area contributed by atoms with Crippen molar-refractivity contribution in [1.82, 2.24) is 15.6 Å². The van der Waals surface area contributed by atoms with Gasteiger partial charge in [-0.15, -0.1) is 0 Å². The van der Waals surface area contributed by atoms with Crippen molar-refractivity contribution < 1.29 is 0 Å². The van der Waals surface area contributed by atoms with Gasteiger partial charge in [0.1, 0.15) is 16.2 Å². The van der Waals surface area contributed by atoms with Crippen molar-refractivity contribution in [3.8, 4) is 6.07 Å². The molecule has 2 heterocycles. The van der Waals surface area contributed by atoms with Gasteiger partial charge in [0.05, 0.1) is 17.4 Å². The van der Waals surface area contributed by atoms with Crippen LogP contribution in [0.15, 0.2) is 45.8 Å². The van der Waals surface area contributed by atoms with Crippen molar-refractivity contribution in [1.29, 1.82) is 5.26 Å². The number of aliphatic imine (C=N–C) groups is 1. The Morgan fingerprint density at radius 3 is 2.91 bits per heavy atom. The lowest BCUT2D eigenvalue weighted by Crippen LogP contribution is -2.38. The molecule has 1 aliphatic heterocycles. The molecular formula is C16H16BrN5. The van der Waals surface area contributed by atoms with Crippen molar-refractivity contribution in [2.24, 2.45) is 4.99 Å². The van der Waals surface area contributed by atoms with Gasteiger partial charge < -0.3 is 10.6 Å². The van der Waals surface area contributed by atoms with E-state index in [2.05, 4.69) is 42.6 Å². The molecule has 1 saturated carbocycles. The van der Waals surface area contributed by atoms with Gasteiger partial charge in [0, 0.05) is 6.20 Å². The van der Waals surface area contributed by atoms with Crippen molar-refractivity contribution in [2.75, 3.05) is 0 Å². The van der Waals surface area contributed by atoms with Crippen LogP contribution in [0.5, 0.6) is 0 Å². The normalized spacial score (nSPS) is 22.1. The number of hydrogen-bond donors (Lipinski definition) is 2. The van der Waals surface area contributed by atoms with E-state index in [9.17, 15) is 5.26 Å². The van der Waals surface area contributed by atoms with Crippen LogP contribution in [0.25, 0.3) is 5.57 Å². The second-order valence-corrected chi connectivity index (χ2v) is 6.08. The van der Waals surface area contributed by atoms with E-state index in [0.717, 1.165) is 12.8 Å². The first-order valence-corrected chi connectivity index (χ1v) is 8.11. The summed E-state index contributed by atoms with van der Waals surface area (Å²) in [6.07, 6.45) is 8.38. The molecule has 0 radical (unpaired) electrons. The number of nitrogens with zero attached hydrogens (tertiary/aromatic N) is 3. The number of pyridine rings is 1. The molecule has 1 aromatic heterocycles. The van der Waals surface area contributed by atoms with Crippen LogP contribution in [-0.4, -0.2) is 17.0 Å². The first-order chi connectivity index (χ1) is 10.8. The average Bonchev–Trinajstić information content (AvgIpc) is 3.01. The van der Waals surface area contributed by atoms with Crippen LogP contribution in [0.2, 0.25) is 0 Å². The van der Waals surface area contributed by atoms with Gasteiger partial charge >= 0.3 is 0 Å². The molecule has 0 aromatic carbocycles. The van der Waals surface area contributed by atoms with E-state index in [-0.39, 0.29) is 0 Å². The number of aromatic nitrogens is 1. The molecule has 5 nitrogen and oxygen atoms in total. The van der Waals surface area contributed by atoms with Gasteiger partial charge in [-0.1, -0.05) is 18.9 Å². The third kappa shape index (κ3) is 3.37. The summed E-state index contributed by atoms with van der Waals surface area (Å²) in [7, 11) is 0. The maximum absolute atomic E-state index is 9.50. The molecule has 2 N–H and O–H groups in total. The Morgan fingerprint density at radius 1 is 1.36 bits per heavy atom. The lowest BCUT2D eigenvalue weighted by molar-refractivity contribution is 0.696. The topological polar surface area (TPSA) is 73.1 Å². The number of nitrogens with one attached hydrogen (secondary N) is 2. The zero-order chi connectivity index (χ0) is 15.4. The highest BCUT2D eigenvalue weighted by Gasteiger charge is 2.17. The number of nitriles is 1. The predicted octanol–water partition coefficient (Wildman–Crippen LogP) is 3.08. The lowest BCUT2D eigenvalue weighted by atomic mass is 10.1. The Bertz CT molecular complexity index is 693. The third-order valence-electron chi connectivity index (χ3n) is 3.71. The minimum Gasteiger partial charge on any atom is -0.333 e. The average molecular weight is 358 g/mol. The van der Waals surface area contributed by atoms with E-state index in [1.807, 2.05) is 24.3 Å². The van der Waals surface area contributed by atoms with Crippen LogP contribution in [0.3, 0.4) is 0 Å². The maximum Gasteiger partial charge on any atom is 0.200 e. The fraction of sp³-hybridized carbons (Fsp3) is 0.312. The Hall–Kier alpha value is -2.13. The molecular weight excluding hydrogens is 342 g/mol. The molecule has 6 heteroatoms. The van der Waals surface area contributed by atoms with Crippen LogP contribution < -0.4 is 10.6 Å². The SMILES string of the molecule is N#C/C(=C1\C=CNC(=NC2CCCC2)N1)c1cccc(Br)n1. The van der Waals surface area contributed by atoms with E-state index in [1.165, 1.54) is 12.8 Å². The van der Waals surface area contributed by atoms with Crippen molar-refractivity contribution in [2.45, 2.75) is 31.7 Å². The van der Waals surface area contributed by atoms with E-state index in [4.69, 9.17) is 0 Å². The van der Waals surface area contributed by atoms with E-state index in [0.29, 0.717) is 33.6 Å². The maximum atomic E-state index is 9.50. The Labute approximate surface area is 138 Å². The summed E-state index contributed by atoms with van der Waals surface area (Å²) in [5, 5.41) is 15.8. The zero-order valence-corrected chi connectivity index (χ0v) is 13.6. The molecule has 0 amide bonds. The molecule has 1 fully saturated rings. The quantitative estimate of drug-likeness (QED) is 0.630. The lowest BCUT2D eigenvalue weighted by Gasteiger charge is -2.18. The highest BCUT2D eigenvalue weighted by molar-refractivity contribution is 9.10. The smallest absolute Gasteiger partial charge is 0.200 e. The fourth-order valence-corrected chi connectivity index (χ4v) is 2.99. The highest BCUT2D eigenvalue weighted by Crippen LogP contribution is 2.22. The first kappa shape index (κ1) is 14.8. The van der Waals surface area contributed by atoms with Crippen molar-refractivity contribution >= 4 is 27.5 Å². The summed E-state index contributed by atoms with van der Waals surface area (Å²) in [5.74, 6) is 0.701. The minimum atomic E-state index is 0.372. The summed E-state index contributed by atoms with van der Waals surface area (Å²) in [6, 6.07) is 8.12. The predicted molar refractivity (Wildman–Crippen MR) is 89.6 cm³/mol. The second-order valence-electron chi connectivity index (χ2n) is 5.26. The van der Waals surface area contributed by atoms with Gasteiger partial charge in [-0.3, -0.25) is 0 Å². The monoisotopic (exact) mass is 357 g/mol. The number of halogens is 1. The van der Waals surface area contributed by atoms with E-state index >= 15 is 0 Å². The van der Waals surface area contributed by atoms with Gasteiger partial charge in [-0.2, -0.15) is 5.26 Å². The van der Waals surface area contributed by atoms with Crippen LogP contribution >= 0.6 is 15.9 Å². The third-order valence-corrected chi connectivity index (χ3v) is 4.15. The van der Waals surface area contributed by atoms with Gasteiger partial charge in [0.2, 0.25) is 0 Å². The molecule has 0 unspecified atom stereocenters. The number of allylic oxidation sites excluding steroid dienone is 2. The van der Waals surface area contributed by atoms with E-state index in [1.54, 1.807) is 6.20 Å². The Morgan fingerprint density at radius 2 is 2.18 bits per heavy atom. The molecule has 1 aliphatic carbocycles. The standard InChI is InChI=1S/C16H16BrN5/c17-15-7-3-6-13(21-15)12(10-18)14-8-9-19-16(22-14)20-11-4-1-2-5-11/h3,6-9,11H,1-2,4-5H2,(H2,19,20,22)/b14-12-. The summed E-state index contributed by atoms with van der Waals surface area (Å²) in [5.41, 5.74) is 1.84. The number of hydrogen-bond acceptors (Lipinski definition) is 3. The fourth-order valence-electron chi connectivity index (χ4n) is 2.64. The first-order valence-electron chi connectivity index (χ1n) is 7.31. The molecule has 0 bridgehead atoms. The van der Waals surface area contributed by atoms with Gasteiger partial charge in [0.25, 0.3) is 0 Å². The molecule has 0 spiro atoms. The van der Waals surface area contributed by atoms with Crippen molar-refractivity contribution in [3.63, 3.8) is 0 Å². The molecule has 0 atom stereocenters. The van der Waals surface area contributed by atoms with Crippen molar-refractivity contribution in [3.05, 3.63) is 46.5 Å². The van der Waals surface area contributed by atoms with Crippen LogP contribution in [0.4, 0.5) is 0 Å². The van der Waals surface area contributed by atoms with Gasteiger partial charge in [-0.25, -0.2) is 9.98 Å². The Balaban J connectivity index is 1.90. The minimum absolute atomic E-state index is 0.372. The number of guanidine groups is 1. The highest BCUT2D eigenvalue weighted by atomic mass is 79.9. The zero-order valence-electron chi connectivity index (χ0n) is 12.0. The Kier molecular flexibility index (Phi) is 4.54. The summed E-state index contributed by atoms with van der Waals surface area (Å²) < 4.78 is 0.705. The molecule has 1 aromatic rings. The molecule has 112 valence electrons. The molecule has 22 heavy (non-hydrogen) atoms. The largest absolute Gasteiger partial charge is 0.333 e. The summed E-state index contributed by atoms with van der Waals surface area (Å²) >= 11 is 3.34. The summed E-state index contributed by atoms with van der Waals surface area (Å²) in [6.45, 7) is 0. The number of rotatable bonds is 2. The van der Waals surface area contributed by atoms with Crippen LogP contribution in [0, 0.1) is 11.3 Å². The summed E-state index contributed by atoms with van der Waals surface area (Å²) in [4.78, 5) is 9.03. The van der Waals surface area contributed by atoms with Crippen LogP contribution in [0.1, 0.15) is 31.4 Å². The van der Waals surface area contributed by atoms with Gasteiger partial charge in [-0.05, 0) is 47.0 Å². The van der Waals surface area contributed by atoms with E-state index < -0.39 is 0 Å². The molecule has 2 aliphatic rings.